The number of benzene rings is 1. The van der Waals surface area contributed by atoms with Gasteiger partial charge in [-0.05, 0) is 54.9 Å². The molecule has 1 aliphatic carbocycles. The van der Waals surface area contributed by atoms with Crippen molar-refractivity contribution in [3.05, 3.63) is 47.3 Å². The number of aromatic nitrogens is 2. The summed E-state index contributed by atoms with van der Waals surface area (Å²) in [6.45, 7) is 1.43. The maximum absolute atomic E-state index is 13.0. The van der Waals surface area contributed by atoms with Crippen LogP contribution < -0.4 is 10.1 Å². The molecule has 3 fully saturated rings. The monoisotopic (exact) mass is 491 g/mol. The van der Waals surface area contributed by atoms with Crippen molar-refractivity contribution in [3.8, 4) is 5.75 Å². The third-order valence-electron chi connectivity index (χ3n) is 6.84. The van der Waals surface area contributed by atoms with E-state index in [1.165, 1.54) is 29.4 Å². The molecular weight excluding hydrogens is 467 g/mol. The average molecular weight is 491 g/mol. The Morgan fingerprint density at radius 2 is 1.86 bits per heavy atom. The van der Waals surface area contributed by atoms with Crippen LogP contribution >= 0.6 is 0 Å². The summed E-state index contributed by atoms with van der Waals surface area (Å²) in [6, 6.07) is 4.60. The quantitative estimate of drug-likeness (QED) is 0.632. The van der Waals surface area contributed by atoms with Crippen LogP contribution in [0.2, 0.25) is 0 Å². The first-order valence-electron chi connectivity index (χ1n) is 11.4. The number of hydrogen-bond donors (Lipinski definition) is 2. The largest absolute Gasteiger partial charge is 0.573 e. The van der Waals surface area contributed by atoms with Crippen molar-refractivity contribution in [3.63, 3.8) is 0 Å². The van der Waals surface area contributed by atoms with Gasteiger partial charge < -0.3 is 25.0 Å². The highest BCUT2D eigenvalue weighted by Crippen LogP contribution is 2.42. The summed E-state index contributed by atoms with van der Waals surface area (Å²) in [7, 11) is 0. The number of nitrogens with one attached hydrogen (secondary N) is 1. The predicted molar refractivity (Wildman–Crippen MR) is 117 cm³/mol. The molecule has 35 heavy (non-hydrogen) atoms. The molecule has 1 spiro atoms. The number of ether oxygens (including phenoxy) is 1. The molecule has 1 unspecified atom stereocenters. The number of rotatable bonds is 6. The normalized spacial score (nSPS) is 21.7. The predicted octanol–water partition coefficient (Wildman–Crippen LogP) is 3.83. The smallest absolute Gasteiger partial charge is 0.465 e. The van der Waals surface area contributed by atoms with Crippen LogP contribution in [0.15, 0.2) is 30.6 Å². The van der Waals surface area contributed by atoms with Gasteiger partial charge in [0, 0.05) is 38.6 Å². The zero-order valence-corrected chi connectivity index (χ0v) is 18.7. The molecular formula is C23H24F3N5O4. The van der Waals surface area contributed by atoms with Gasteiger partial charge in [-0.2, -0.15) is 0 Å². The fourth-order valence-corrected chi connectivity index (χ4v) is 4.80. The van der Waals surface area contributed by atoms with Gasteiger partial charge in [-0.25, -0.2) is 14.8 Å². The minimum absolute atomic E-state index is 0.183. The van der Waals surface area contributed by atoms with E-state index in [1.807, 2.05) is 6.07 Å². The van der Waals surface area contributed by atoms with E-state index in [2.05, 4.69) is 20.0 Å². The number of carboxylic acid groups (broad SMARTS) is 1. The third-order valence-corrected chi connectivity index (χ3v) is 6.84. The Labute approximate surface area is 198 Å². The molecule has 3 heterocycles. The van der Waals surface area contributed by atoms with Crippen LogP contribution in [0.1, 0.15) is 53.1 Å². The molecule has 5 rings (SSSR count). The molecule has 9 nitrogen and oxygen atoms in total. The Kier molecular flexibility index (Phi) is 5.68. The zero-order valence-electron chi connectivity index (χ0n) is 18.7. The zero-order chi connectivity index (χ0) is 24.8. The van der Waals surface area contributed by atoms with Crippen molar-refractivity contribution in [2.24, 2.45) is 0 Å². The summed E-state index contributed by atoms with van der Waals surface area (Å²) in [5.74, 6) is -0.0224. The van der Waals surface area contributed by atoms with Gasteiger partial charge in [-0.3, -0.25) is 4.79 Å². The summed E-state index contributed by atoms with van der Waals surface area (Å²) in [6.07, 6.45) is 0.270. The Bertz CT molecular complexity index is 1140. The van der Waals surface area contributed by atoms with Crippen LogP contribution in [-0.2, 0) is 6.54 Å². The number of amides is 2. The molecule has 12 heteroatoms. The molecule has 1 aromatic heterocycles. The van der Waals surface area contributed by atoms with Crippen LogP contribution in [0.25, 0.3) is 0 Å². The number of alkyl halides is 3. The SMILES string of the molecule is O=C(O)N1CCC2(CCN2C(=O)c2cnc(NCc3cc(OC(F)(F)F)cc(C4CC4)c3)nc2)C1. The molecule has 1 atom stereocenters. The standard InChI is InChI=1S/C23H24F3N5O4/c24-23(25,26)35-18-8-14(7-16(9-18)15-1-2-15)10-27-20-28-11-17(12-29-20)19(32)31-6-4-22(31)3-5-30(13-22)21(33)34/h7-9,11-12,15H,1-6,10,13H2,(H,33,34)(H,27,28,29). The van der Waals surface area contributed by atoms with Gasteiger partial charge >= 0.3 is 12.5 Å². The van der Waals surface area contributed by atoms with Gasteiger partial charge in [0.05, 0.1) is 11.1 Å². The molecule has 1 saturated carbocycles. The van der Waals surface area contributed by atoms with Crippen LogP contribution in [0.5, 0.6) is 5.75 Å². The van der Waals surface area contributed by atoms with Crippen molar-refractivity contribution >= 4 is 17.9 Å². The number of hydrogen-bond acceptors (Lipinski definition) is 6. The highest BCUT2D eigenvalue weighted by atomic mass is 19.4. The first-order chi connectivity index (χ1) is 16.6. The molecule has 2 N–H and O–H groups in total. The number of anilines is 1. The number of carbonyl (C=O) groups is 2. The van der Waals surface area contributed by atoms with E-state index >= 15 is 0 Å². The molecule has 1 aromatic carbocycles. The van der Waals surface area contributed by atoms with Crippen LogP contribution in [0.4, 0.5) is 23.9 Å². The molecule has 0 radical (unpaired) electrons. The van der Waals surface area contributed by atoms with Gasteiger partial charge in [0.25, 0.3) is 5.91 Å². The van der Waals surface area contributed by atoms with E-state index in [4.69, 9.17) is 0 Å². The molecule has 2 aromatic rings. The van der Waals surface area contributed by atoms with Crippen LogP contribution in [0, 0.1) is 0 Å². The molecule has 0 bridgehead atoms. The Morgan fingerprint density at radius 3 is 2.43 bits per heavy atom. The van der Waals surface area contributed by atoms with Gasteiger partial charge in [0.15, 0.2) is 0 Å². The Hall–Kier alpha value is -3.57. The highest BCUT2D eigenvalue weighted by Gasteiger charge is 2.52. The lowest BCUT2D eigenvalue weighted by Crippen LogP contribution is -2.63. The Morgan fingerprint density at radius 1 is 1.14 bits per heavy atom. The third kappa shape index (κ3) is 4.96. The average Bonchev–Trinajstić information content (AvgIpc) is 3.53. The number of halogens is 3. The van der Waals surface area contributed by atoms with E-state index in [9.17, 15) is 27.9 Å². The van der Waals surface area contributed by atoms with Crippen molar-refractivity contribution in [1.82, 2.24) is 19.8 Å². The van der Waals surface area contributed by atoms with Crippen molar-refractivity contribution in [2.75, 3.05) is 25.0 Å². The summed E-state index contributed by atoms with van der Waals surface area (Å²) >= 11 is 0. The maximum Gasteiger partial charge on any atom is 0.573 e. The number of carbonyl (C=O) groups excluding carboxylic acids is 1. The van der Waals surface area contributed by atoms with E-state index in [1.54, 1.807) is 4.90 Å². The minimum Gasteiger partial charge on any atom is -0.465 e. The summed E-state index contributed by atoms with van der Waals surface area (Å²) in [5, 5.41) is 12.2. The second-order valence-corrected chi connectivity index (χ2v) is 9.27. The van der Waals surface area contributed by atoms with E-state index < -0.39 is 18.0 Å². The van der Waals surface area contributed by atoms with Crippen molar-refractivity contribution in [2.45, 2.75) is 50.0 Å². The summed E-state index contributed by atoms with van der Waals surface area (Å²) in [4.78, 5) is 35.6. The lowest BCUT2D eigenvalue weighted by atomic mass is 9.83. The van der Waals surface area contributed by atoms with Crippen molar-refractivity contribution in [1.29, 1.82) is 0 Å². The van der Waals surface area contributed by atoms with Gasteiger partial charge in [0.2, 0.25) is 5.95 Å². The molecule has 186 valence electrons. The first-order valence-corrected chi connectivity index (χ1v) is 11.4. The maximum atomic E-state index is 13.0. The molecule has 3 aliphatic rings. The van der Waals surface area contributed by atoms with E-state index in [-0.39, 0.29) is 30.1 Å². The molecule has 2 saturated heterocycles. The summed E-state index contributed by atoms with van der Waals surface area (Å²) < 4.78 is 42.2. The molecule has 2 aliphatic heterocycles. The van der Waals surface area contributed by atoms with Crippen molar-refractivity contribution < 1.29 is 32.6 Å². The topological polar surface area (TPSA) is 108 Å². The minimum atomic E-state index is -4.77. The highest BCUT2D eigenvalue weighted by molar-refractivity contribution is 5.95. The summed E-state index contributed by atoms with van der Waals surface area (Å²) in [5.41, 5.74) is 1.24. The fraction of sp³-hybridized carbons (Fsp3) is 0.478. The van der Waals surface area contributed by atoms with Gasteiger partial charge in [-0.1, -0.05) is 6.07 Å². The number of likely N-dealkylation sites (tertiary alicyclic amines) is 2. The Balaban J connectivity index is 1.22. The van der Waals surface area contributed by atoms with E-state index in [0.717, 1.165) is 24.8 Å². The lowest BCUT2D eigenvalue weighted by Gasteiger charge is -2.50. The van der Waals surface area contributed by atoms with Crippen LogP contribution in [0.3, 0.4) is 0 Å². The second kappa shape index (κ2) is 8.58. The van der Waals surface area contributed by atoms with Gasteiger partial charge in [-0.15, -0.1) is 13.2 Å². The van der Waals surface area contributed by atoms with Crippen LogP contribution in [-0.4, -0.2) is 68.4 Å². The second-order valence-electron chi connectivity index (χ2n) is 9.27. The van der Waals surface area contributed by atoms with Gasteiger partial charge in [0.1, 0.15) is 5.75 Å². The van der Waals surface area contributed by atoms with E-state index in [0.29, 0.717) is 37.2 Å². The first kappa shape index (κ1) is 23.2. The lowest BCUT2D eigenvalue weighted by molar-refractivity contribution is -0.274. The fourth-order valence-electron chi connectivity index (χ4n) is 4.80. The number of nitrogens with zero attached hydrogens (tertiary/aromatic N) is 4. The molecule has 2 amide bonds.